The molecular weight excluding hydrogens is 492 g/mol. The molecule has 2 N–H and O–H groups in total. The Morgan fingerprint density at radius 3 is 2.67 bits per heavy atom. The van der Waals surface area contributed by atoms with Gasteiger partial charge in [-0.25, -0.2) is 9.97 Å². The molecule has 1 aliphatic carbocycles. The van der Waals surface area contributed by atoms with Crippen molar-refractivity contribution in [3.8, 4) is 23.1 Å². The fourth-order valence-electron chi connectivity index (χ4n) is 5.21. The standard InChI is InChI=1S/C30H32N6O3/c31-19-23-18-22(3-6-27(23)39-25-8-12-36(20-25)29(37)30(32)9-10-30)26-7-11-33-28(34-26)17-21-1-4-24(5-2-21)35-13-15-38-16-14-35/h1-7,11,18,25H,8-10,12-17,20,32H2. The number of ether oxygens (including phenoxy) is 2. The monoisotopic (exact) mass is 524 g/mol. The number of nitrogens with zero attached hydrogens (tertiary/aromatic N) is 5. The molecule has 2 aliphatic heterocycles. The Morgan fingerprint density at radius 2 is 1.92 bits per heavy atom. The molecule has 3 aliphatic rings. The van der Waals surface area contributed by atoms with Crippen molar-refractivity contribution in [2.45, 2.75) is 37.3 Å². The zero-order valence-corrected chi connectivity index (χ0v) is 21.9. The van der Waals surface area contributed by atoms with Crippen molar-refractivity contribution in [2.24, 2.45) is 5.73 Å². The first-order chi connectivity index (χ1) is 19.0. The van der Waals surface area contributed by atoms with Gasteiger partial charge in [0.1, 0.15) is 23.7 Å². The third-order valence-electron chi connectivity index (χ3n) is 7.72. The average Bonchev–Trinajstić information content (AvgIpc) is 3.57. The topological polar surface area (TPSA) is 118 Å². The Labute approximate surface area is 228 Å². The van der Waals surface area contributed by atoms with Crippen molar-refractivity contribution < 1.29 is 14.3 Å². The SMILES string of the molecule is N#Cc1cc(-c2ccnc(Cc3ccc(N4CCOCC4)cc3)n2)ccc1OC1CCN(C(=O)C2(N)CC2)C1. The van der Waals surface area contributed by atoms with Crippen LogP contribution in [-0.4, -0.2) is 71.8 Å². The number of amides is 1. The van der Waals surface area contributed by atoms with Crippen molar-refractivity contribution in [2.75, 3.05) is 44.3 Å². The van der Waals surface area contributed by atoms with Crippen LogP contribution in [0.2, 0.25) is 0 Å². The zero-order chi connectivity index (χ0) is 26.8. The number of rotatable bonds is 7. The lowest BCUT2D eigenvalue weighted by molar-refractivity contribution is -0.132. The van der Waals surface area contributed by atoms with Crippen molar-refractivity contribution in [3.63, 3.8) is 0 Å². The highest BCUT2D eigenvalue weighted by molar-refractivity contribution is 5.89. The Balaban J connectivity index is 1.12. The second-order valence-corrected chi connectivity index (χ2v) is 10.6. The maximum atomic E-state index is 12.6. The zero-order valence-electron chi connectivity index (χ0n) is 21.9. The number of hydrogen-bond donors (Lipinski definition) is 1. The number of carbonyl (C=O) groups is 1. The van der Waals surface area contributed by atoms with Gasteiger partial charge in [-0.2, -0.15) is 5.26 Å². The summed E-state index contributed by atoms with van der Waals surface area (Å²) in [7, 11) is 0. The summed E-state index contributed by atoms with van der Waals surface area (Å²) in [6.07, 6.45) is 4.43. The lowest BCUT2D eigenvalue weighted by Crippen LogP contribution is -2.45. The van der Waals surface area contributed by atoms with Crippen LogP contribution in [0.15, 0.2) is 54.7 Å². The normalized spacial score (nSPS) is 19.9. The van der Waals surface area contributed by atoms with Gasteiger partial charge in [0.25, 0.3) is 0 Å². The molecule has 0 radical (unpaired) electrons. The van der Waals surface area contributed by atoms with Gasteiger partial charge in [-0.1, -0.05) is 12.1 Å². The first kappa shape index (κ1) is 25.3. The smallest absolute Gasteiger partial charge is 0.242 e. The highest BCUT2D eigenvalue weighted by Gasteiger charge is 2.49. The summed E-state index contributed by atoms with van der Waals surface area (Å²) in [6, 6.07) is 18.2. The number of carbonyl (C=O) groups excluding carboxylic acids is 1. The van der Waals surface area contributed by atoms with Gasteiger partial charge in [0.2, 0.25) is 5.91 Å². The molecule has 9 heteroatoms. The van der Waals surface area contributed by atoms with Crippen molar-refractivity contribution in [1.29, 1.82) is 5.26 Å². The second kappa shape index (κ2) is 10.6. The summed E-state index contributed by atoms with van der Waals surface area (Å²) in [5, 5.41) is 9.83. The minimum absolute atomic E-state index is 0.0112. The Morgan fingerprint density at radius 1 is 1.13 bits per heavy atom. The molecule has 2 saturated heterocycles. The van der Waals surface area contributed by atoms with Crippen LogP contribution in [0.5, 0.6) is 5.75 Å². The molecule has 1 saturated carbocycles. The molecule has 1 amide bonds. The van der Waals surface area contributed by atoms with E-state index in [1.165, 1.54) is 5.69 Å². The van der Waals surface area contributed by atoms with Crippen LogP contribution in [0.25, 0.3) is 11.3 Å². The summed E-state index contributed by atoms with van der Waals surface area (Å²) < 4.78 is 11.6. The van der Waals surface area contributed by atoms with Gasteiger partial charge < -0.3 is 25.0 Å². The van der Waals surface area contributed by atoms with E-state index in [2.05, 4.69) is 40.2 Å². The molecule has 1 aromatic heterocycles. The number of morpholine rings is 1. The predicted octanol–water partition coefficient (Wildman–Crippen LogP) is 2.91. The fourth-order valence-corrected chi connectivity index (χ4v) is 5.21. The summed E-state index contributed by atoms with van der Waals surface area (Å²) in [6.45, 7) is 4.46. The molecule has 3 fully saturated rings. The van der Waals surface area contributed by atoms with Crippen LogP contribution in [0, 0.1) is 11.3 Å². The molecule has 3 aromatic rings. The van der Waals surface area contributed by atoms with Gasteiger partial charge in [-0.15, -0.1) is 0 Å². The third kappa shape index (κ3) is 5.58. The van der Waals surface area contributed by atoms with Crippen molar-refractivity contribution in [1.82, 2.24) is 14.9 Å². The first-order valence-corrected chi connectivity index (χ1v) is 13.5. The highest BCUT2D eigenvalue weighted by atomic mass is 16.5. The number of aromatic nitrogens is 2. The van der Waals surface area contributed by atoms with Gasteiger partial charge >= 0.3 is 0 Å². The summed E-state index contributed by atoms with van der Waals surface area (Å²) in [5.41, 5.74) is 9.77. The summed E-state index contributed by atoms with van der Waals surface area (Å²) in [5.74, 6) is 1.25. The molecule has 3 heterocycles. The maximum absolute atomic E-state index is 12.6. The number of nitriles is 1. The third-order valence-corrected chi connectivity index (χ3v) is 7.72. The number of benzene rings is 2. The van der Waals surface area contributed by atoms with E-state index in [0.29, 0.717) is 30.8 Å². The van der Waals surface area contributed by atoms with Gasteiger partial charge in [0.05, 0.1) is 36.6 Å². The molecule has 2 aromatic carbocycles. The van der Waals surface area contributed by atoms with Gasteiger partial charge in [0, 0.05) is 49.9 Å². The van der Waals surface area contributed by atoms with E-state index in [4.69, 9.17) is 20.2 Å². The van der Waals surface area contributed by atoms with Crippen LogP contribution in [0.3, 0.4) is 0 Å². The molecule has 39 heavy (non-hydrogen) atoms. The molecule has 1 atom stereocenters. The molecule has 0 bridgehead atoms. The largest absolute Gasteiger partial charge is 0.487 e. The molecule has 6 rings (SSSR count). The maximum Gasteiger partial charge on any atom is 0.242 e. The van der Waals surface area contributed by atoms with Crippen LogP contribution >= 0.6 is 0 Å². The Kier molecular flexibility index (Phi) is 6.90. The molecule has 1 unspecified atom stereocenters. The molecule has 0 spiro atoms. The van der Waals surface area contributed by atoms with Gasteiger partial charge in [0.15, 0.2) is 0 Å². The van der Waals surface area contributed by atoms with E-state index >= 15 is 0 Å². The minimum atomic E-state index is -0.670. The lowest BCUT2D eigenvalue weighted by atomic mass is 10.1. The molecule has 200 valence electrons. The number of nitrogens with two attached hydrogens (primary N) is 1. The quantitative estimate of drug-likeness (QED) is 0.501. The van der Waals surface area contributed by atoms with Gasteiger partial charge in [-0.05, 0) is 54.8 Å². The number of anilines is 1. The van der Waals surface area contributed by atoms with E-state index in [1.54, 1.807) is 17.2 Å². The van der Waals surface area contributed by atoms with E-state index in [1.807, 2.05) is 18.2 Å². The molecule has 9 nitrogen and oxygen atoms in total. The summed E-state index contributed by atoms with van der Waals surface area (Å²) in [4.78, 5) is 25.9. The highest BCUT2D eigenvalue weighted by Crippen LogP contribution is 2.35. The van der Waals surface area contributed by atoms with E-state index < -0.39 is 5.54 Å². The lowest BCUT2D eigenvalue weighted by Gasteiger charge is -2.28. The summed E-state index contributed by atoms with van der Waals surface area (Å²) >= 11 is 0. The first-order valence-electron chi connectivity index (χ1n) is 13.5. The van der Waals surface area contributed by atoms with Crippen LogP contribution in [0.4, 0.5) is 5.69 Å². The van der Waals surface area contributed by atoms with E-state index in [9.17, 15) is 10.1 Å². The number of hydrogen-bond acceptors (Lipinski definition) is 8. The van der Waals surface area contributed by atoms with Crippen LogP contribution in [0.1, 0.15) is 36.2 Å². The fraction of sp³-hybridized carbons (Fsp3) is 0.400. The van der Waals surface area contributed by atoms with E-state index in [0.717, 1.165) is 68.2 Å². The number of likely N-dealkylation sites (tertiary alicyclic amines) is 1. The van der Waals surface area contributed by atoms with Gasteiger partial charge in [-0.3, -0.25) is 4.79 Å². The second-order valence-electron chi connectivity index (χ2n) is 10.6. The van der Waals surface area contributed by atoms with Crippen LogP contribution < -0.4 is 15.4 Å². The Bertz CT molecular complexity index is 1390. The van der Waals surface area contributed by atoms with Crippen molar-refractivity contribution in [3.05, 3.63) is 71.7 Å². The molecular formula is C30H32N6O3. The predicted molar refractivity (Wildman–Crippen MR) is 146 cm³/mol. The van der Waals surface area contributed by atoms with Crippen LogP contribution in [-0.2, 0) is 16.0 Å². The van der Waals surface area contributed by atoms with E-state index in [-0.39, 0.29) is 12.0 Å². The minimum Gasteiger partial charge on any atom is -0.487 e. The average molecular weight is 525 g/mol. The Hall–Kier alpha value is -4.00. The van der Waals surface area contributed by atoms with Crippen molar-refractivity contribution >= 4 is 11.6 Å².